The standard InChI is InChI=1S/C10H13N.C2H6/c1-4-9-5-6-11-10(7-9)8(2)3;1-2/h4-8H,1H2,2-3H3;1-2H3. The van der Waals surface area contributed by atoms with Gasteiger partial charge in [0.1, 0.15) is 0 Å². The maximum Gasteiger partial charge on any atom is 0.0434 e. The highest BCUT2D eigenvalue weighted by Gasteiger charge is 1.98. The van der Waals surface area contributed by atoms with Gasteiger partial charge in [-0.1, -0.05) is 40.3 Å². The maximum atomic E-state index is 4.24. The fourth-order valence-electron chi connectivity index (χ4n) is 0.908. The maximum absolute atomic E-state index is 4.24. The lowest BCUT2D eigenvalue weighted by molar-refractivity contribution is 0.822. The third kappa shape index (κ3) is 3.88. The summed E-state index contributed by atoms with van der Waals surface area (Å²) >= 11 is 0. The molecule has 0 aromatic carbocycles. The van der Waals surface area contributed by atoms with Crippen molar-refractivity contribution in [3.63, 3.8) is 0 Å². The zero-order chi connectivity index (χ0) is 10.3. The summed E-state index contributed by atoms with van der Waals surface area (Å²) in [5.74, 6) is 0.495. The van der Waals surface area contributed by atoms with Crippen LogP contribution < -0.4 is 0 Å². The summed E-state index contributed by atoms with van der Waals surface area (Å²) in [6.07, 6.45) is 3.67. The van der Waals surface area contributed by atoms with Crippen LogP contribution in [-0.4, -0.2) is 4.98 Å². The lowest BCUT2D eigenvalue weighted by atomic mass is 10.1. The molecule has 0 amide bonds. The molecular weight excluding hydrogens is 158 g/mol. The van der Waals surface area contributed by atoms with Crippen LogP contribution in [0.4, 0.5) is 0 Å². The molecule has 0 saturated heterocycles. The number of aromatic nitrogens is 1. The van der Waals surface area contributed by atoms with E-state index in [4.69, 9.17) is 0 Å². The van der Waals surface area contributed by atoms with Crippen LogP contribution in [0, 0.1) is 0 Å². The van der Waals surface area contributed by atoms with Crippen LogP contribution in [0.1, 0.15) is 44.9 Å². The summed E-state index contributed by atoms with van der Waals surface area (Å²) in [5, 5.41) is 0. The molecule has 72 valence electrons. The monoisotopic (exact) mass is 177 g/mol. The van der Waals surface area contributed by atoms with E-state index < -0.39 is 0 Å². The first-order valence-corrected chi connectivity index (χ1v) is 4.82. The highest BCUT2D eigenvalue weighted by molar-refractivity contribution is 5.46. The second-order valence-electron chi connectivity index (χ2n) is 2.87. The van der Waals surface area contributed by atoms with Crippen LogP contribution >= 0.6 is 0 Å². The Kier molecular flexibility index (Phi) is 5.86. The zero-order valence-corrected chi connectivity index (χ0v) is 9.04. The van der Waals surface area contributed by atoms with Crippen LogP contribution in [0.15, 0.2) is 24.9 Å². The average molecular weight is 177 g/mol. The highest BCUT2D eigenvalue weighted by atomic mass is 14.7. The minimum Gasteiger partial charge on any atom is -0.261 e. The first-order valence-electron chi connectivity index (χ1n) is 4.82. The molecule has 1 aromatic rings. The lowest BCUT2D eigenvalue weighted by Crippen LogP contribution is -1.91. The molecule has 0 fully saturated rings. The van der Waals surface area contributed by atoms with Gasteiger partial charge in [0.15, 0.2) is 0 Å². The molecule has 0 N–H and O–H groups in total. The summed E-state index contributed by atoms with van der Waals surface area (Å²) in [7, 11) is 0. The molecule has 13 heavy (non-hydrogen) atoms. The minimum absolute atomic E-state index is 0.495. The van der Waals surface area contributed by atoms with Crippen molar-refractivity contribution in [2.45, 2.75) is 33.6 Å². The number of pyridine rings is 1. The first-order chi connectivity index (χ1) is 6.24. The SMILES string of the molecule is C=Cc1ccnc(C(C)C)c1.CC. The summed E-state index contributed by atoms with van der Waals surface area (Å²) in [5.41, 5.74) is 2.27. The van der Waals surface area contributed by atoms with Gasteiger partial charge in [0.2, 0.25) is 0 Å². The average Bonchev–Trinajstić information content (AvgIpc) is 2.21. The van der Waals surface area contributed by atoms with Crippen LogP contribution in [0.25, 0.3) is 6.08 Å². The Hall–Kier alpha value is -1.11. The van der Waals surface area contributed by atoms with Gasteiger partial charge in [0, 0.05) is 11.9 Å². The van der Waals surface area contributed by atoms with Crippen molar-refractivity contribution in [3.05, 3.63) is 36.2 Å². The summed E-state index contributed by atoms with van der Waals surface area (Å²) in [4.78, 5) is 4.24. The van der Waals surface area contributed by atoms with E-state index in [1.807, 2.05) is 32.2 Å². The Morgan fingerprint density at radius 2 is 2.00 bits per heavy atom. The Morgan fingerprint density at radius 3 is 2.46 bits per heavy atom. The Balaban J connectivity index is 0.000000671. The van der Waals surface area contributed by atoms with Gasteiger partial charge in [0.05, 0.1) is 0 Å². The molecule has 1 heterocycles. The molecule has 0 aliphatic carbocycles. The van der Waals surface area contributed by atoms with Crippen molar-refractivity contribution in [3.8, 4) is 0 Å². The summed E-state index contributed by atoms with van der Waals surface area (Å²) in [6.45, 7) is 12.0. The van der Waals surface area contributed by atoms with Gasteiger partial charge in [-0.2, -0.15) is 0 Å². The molecule has 1 nitrogen and oxygen atoms in total. The Labute approximate surface area is 81.5 Å². The van der Waals surface area contributed by atoms with Crippen LogP contribution in [0.5, 0.6) is 0 Å². The largest absolute Gasteiger partial charge is 0.261 e. The number of nitrogens with zero attached hydrogens (tertiary/aromatic N) is 1. The topological polar surface area (TPSA) is 12.9 Å². The van der Waals surface area contributed by atoms with Crippen molar-refractivity contribution in [1.82, 2.24) is 4.98 Å². The number of hydrogen-bond acceptors (Lipinski definition) is 1. The molecule has 1 aromatic heterocycles. The smallest absolute Gasteiger partial charge is 0.0434 e. The van der Waals surface area contributed by atoms with Gasteiger partial charge in [-0.3, -0.25) is 4.98 Å². The molecule has 0 saturated carbocycles. The van der Waals surface area contributed by atoms with E-state index in [1.54, 1.807) is 0 Å². The molecule has 0 atom stereocenters. The van der Waals surface area contributed by atoms with Gasteiger partial charge < -0.3 is 0 Å². The fraction of sp³-hybridized carbons (Fsp3) is 0.417. The first kappa shape index (κ1) is 11.9. The van der Waals surface area contributed by atoms with Gasteiger partial charge in [-0.15, -0.1) is 0 Å². The van der Waals surface area contributed by atoms with Gasteiger partial charge in [0.25, 0.3) is 0 Å². The van der Waals surface area contributed by atoms with E-state index in [1.165, 1.54) is 0 Å². The molecular formula is C12H19N. The molecule has 1 heteroatoms. The molecule has 0 unspecified atom stereocenters. The minimum atomic E-state index is 0.495. The predicted molar refractivity (Wildman–Crippen MR) is 59.8 cm³/mol. The van der Waals surface area contributed by atoms with Crippen LogP contribution in [-0.2, 0) is 0 Å². The predicted octanol–water partition coefficient (Wildman–Crippen LogP) is 3.87. The van der Waals surface area contributed by atoms with Crippen LogP contribution in [0.3, 0.4) is 0 Å². The Bertz CT molecular complexity index is 251. The van der Waals surface area contributed by atoms with Crippen LogP contribution in [0.2, 0.25) is 0 Å². The van der Waals surface area contributed by atoms with Crippen molar-refractivity contribution < 1.29 is 0 Å². The Morgan fingerprint density at radius 1 is 1.38 bits per heavy atom. The van der Waals surface area contributed by atoms with E-state index in [9.17, 15) is 0 Å². The highest BCUT2D eigenvalue weighted by Crippen LogP contribution is 2.12. The van der Waals surface area contributed by atoms with Crippen molar-refractivity contribution in [1.29, 1.82) is 0 Å². The second-order valence-corrected chi connectivity index (χ2v) is 2.87. The molecule has 0 aliphatic rings. The van der Waals surface area contributed by atoms with Gasteiger partial charge in [-0.05, 0) is 23.6 Å². The third-order valence-electron chi connectivity index (χ3n) is 1.63. The number of rotatable bonds is 2. The van der Waals surface area contributed by atoms with E-state index in [-0.39, 0.29) is 0 Å². The van der Waals surface area contributed by atoms with Crippen molar-refractivity contribution in [2.75, 3.05) is 0 Å². The van der Waals surface area contributed by atoms with Gasteiger partial charge >= 0.3 is 0 Å². The van der Waals surface area contributed by atoms with E-state index in [0.717, 1.165) is 11.3 Å². The van der Waals surface area contributed by atoms with E-state index in [0.29, 0.717) is 5.92 Å². The zero-order valence-electron chi connectivity index (χ0n) is 9.04. The lowest BCUT2D eigenvalue weighted by Gasteiger charge is -2.03. The summed E-state index contributed by atoms with van der Waals surface area (Å²) in [6, 6.07) is 4.02. The van der Waals surface area contributed by atoms with Crippen molar-refractivity contribution in [2.24, 2.45) is 0 Å². The molecule has 1 rings (SSSR count). The molecule has 0 radical (unpaired) electrons. The van der Waals surface area contributed by atoms with E-state index >= 15 is 0 Å². The normalized spacial score (nSPS) is 9.00. The van der Waals surface area contributed by atoms with Gasteiger partial charge in [-0.25, -0.2) is 0 Å². The van der Waals surface area contributed by atoms with Crippen molar-refractivity contribution >= 4 is 6.08 Å². The molecule has 0 bridgehead atoms. The number of hydrogen-bond donors (Lipinski definition) is 0. The second kappa shape index (κ2) is 6.41. The molecule has 0 spiro atoms. The fourth-order valence-corrected chi connectivity index (χ4v) is 0.908. The van der Waals surface area contributed by atoms with E-state index in [2.05, 4.69) is 31.5 Å². The third-order valence-corrected chi connectivity index (χ3v) is 1.63. The summed E-state index contributed by atoms with van der Waals surface area (Å²) < 4.78 is 0. The molecule has 0 aliphatic heterocycles. The quantitative estimate of drug-likeness (QED) is 0.668.